The second-order valence-corrected chi connectivity index (χ2v) is 7.53. The van der Waals surface area contributed by atoms with E-state index < -0.39 is 29.4 Å². The first-order valence-corrected chi connectivity index (χ1v) is 9.63. The Balaban J connectivity index is 1.92. The summed E-state index contributed by atoms with van der Waals surface area (Å²) < 4.78 is 5.05. The minimum atomic E-state index is -0.904. The number of nitro benzene ring substituents is 1. The maximum Gasteiger partial charge on any atom is 0.329 e. The van der Waals surface area contributed by atoms with Gasteiger partial charge in [-0.05, 0) is 35.9 Å². The number of rotatable bonds is 8. The van der Waals surface area contributed by atoms with Crippen LogP contribution in [-0.4, -0.2) is 35.4 Å². The number of amides is 2. The molecule has 9 nitrogen and oxygen atoms in total. The zero-order chi connectivity index (χ0) is 21.6. The van der Waals surface area contributed by atoms with Gasteiger partial charge in [-0.1, -0.05) is 19.9 Å². The average molecular weight is 419 g/mol. The highest BCUT2D eigenvalue weighted by atomic mass is 32.1. The lowest BCUT2D eigenvalue weighted by Crippen LogP contribution is -2.45. The molecule has 0 aliphatic heterocycles. The number of anilines is 1. The molecule has 29 heavy (non-hydrogen) atoms. The number of carbonyl (C=O) groups excluding carboxylic acids is 3. The molecule has 1 heterocycles. The molecule has 0 aliphatic carbocycles. The van der Waals surface area contributed by atoms with E-state index >= 15 is 0 Å². The van der Waals surface area contributed by atoms with Crippen molar-refractivity contribution in [1.29, 1.82) is 0 Å². The molecule has 0 spiro atoms. The van der Waals surface area contributed by atoms with Gasteiger partial charge in [0.2, 0.25) is 0 Å². The molecular formula is C19H21N3O6S. The first-order chi connectivity index (χ1) is 13.7. The number of nitrogens with zero attached hydrogens (tertiary/aromatic N) is 1. The van der Waals surface area contributed by atoms with Crippen LogP contribution in [0, 0.1) is 23.0 Å². The number of benzene rings is 1. The quantitative estimate of drug-likeness (QED) is 0.385. The number of hydrogen-bond donors (Lipinski definition) is 2. The normalized spacial score (nSPS) is 11.6. The average Bonchev–Trinajstić information content (AvgIpc) is 3.20. The number of aryl methyl sites for hydroxylation is 1. The van der Waals surface area contributed by atoms with Crippen LogP contribution in [0.25, 0.3) is 0 Å². The van der Waals surface area contributed by atoms with Crippen molar-refractivity contribution in [2.24, 2.45) is 5.92 Å². The second kappa shape index (κ2) is 9.78. The van der Waals surface area contributed by atoms with E-state index in [0.29, 0.717) is 16.1 Å². The van der Waals surface area contributed by atoms with E-state index in [9.17, 15) is 24.5 Å². The molecule has 1 aromatic carbocycles. The lowest BCUT2D eigenvalue weighted by molar-refractivity contribution is -0.384. The molecule has 154 valence electrons. The summed E-state index contributed by atoms with van der Waals surface area (Å²) in [4.78, 5) is 47.3. The second-order valence-electron chi connectivity index (χ2n) is 6.58. The highest BCUT2D eigenvalue weighted by Crippen LogP contribution is 2.21. The van der Waals surface area contributed by atoms with Gasteiger partial charge >= 0.3 is 5.97 Å². The van der Waals surface area contributed by atoms with Crippen LogP contribution in [0.3, 0.4) is 0 Å². The van der Waals surface area contributed by atoms with Gasteiger partial charge in [0.25, 0.3) is 17.5 Å². The molecule has 1 atom stereocenters. The van der Waals surface area contributed by atoms with Gasteiger partial charge < -0.3 is 15.4 Å². The summed E-state index contributed by atoms with van der Waals surface area (Å²) in [5.74, 6) is -1.95. The van der Waals surface area contributed by atoms with Gasteiger partial charge in [0.1, 0.15) is 6.04 Å². The monoisotopic (exact) mass is 419 g/mol. The van der Waals surface area contributed by atoms with Crippen LogP contribution >= 0.6 is 11.3 Å². The largest absolute Gasteiger partial charge is 0.454 e. The van der Waals surface area contributed by atoms with Crippen molar-refractivity contribution in [2.45, 2.75) is 26.8 Å². The Morgan fingerprint density at radius 1 is 1.24 bits per heavy atom. The SMILES string of the molecule is Cc1cc([N+](=O)[O-])ccc1NC(=O)COC(=O)[C@H](NC(=O)c1cccs1)C(C)C. The summed E-state index contributed by atoms with van der Waals surface area (Å²) in [6.07, 6.45) is 0. The Hall–Kier alpha value is -3.27. The summed E-state index contributed by atoms with van der Waals surface area (Å²) in [7, 11) is 0. The zero-order valence-corrected chi connectivity index (χ0v) is 16.9. The number of hydrogen-bond acceptors (Lipinski definition) is 7. The maximum atomic E-state index is 12.3. The third kappa shape index (κ3) is 6.11. The van der Waals surface area contributed by atoms with Crippen LogP contribution in [0.4, 0.5) is 11.4 Å². The number of esters is 1. The Morgan fingerprint density at radius 2 is 1.97 bits per heavy atom. The summed E-state index contributed by atoms with van der Waals surface area (Å²) in [6, 6.07) is 6.47. The van der Waals surface area contributed by atoms with Crippen molar-refractivity contribution in [3.63, 3.8) is 0 Å². The number of carbonyl (C=O) groups is 3. The fourth-order valence-electron chi connectivity index (χ4n) is 2.43. The molecule has 2 rings (SSSR count). The molecule has 10 heteroatoms. The first-order valence-electron chi connectivity index (χ1n) is 8.75. The molecular weight excluding hydrogens is 398 g/mol. The molecule has 0 saturated carbocycles. The fourth-order valence-corrected chi connectivity index (χ4v) is 3.06. The molecule has 2 aromatic rings. The van der Waals surface area contributed by atoms with Crippen LogP contribution in [0.2, 0.25) is 0 Å². The first kappa shape index (κ1) is 22.0. The number of nitro groups is 1. The predicted octanol–water partition coefficient (Wildman–Crippen LogP) is 2.90. The predicted molar refractivity (Wildman–Crippen MR) is 108 cm³/mol. The highest BCUT2D eigenvalue weighted by Gasteiger charge is 2.27. The molecule has 2 N–H and O–H groups in total. The van der Waals surface area contributed by atoms with Crippen LogP contribution in [0.1, 0.15) is 29.1 Å². The summed E-state index contributed by atoms with van der Waals surface area (Å²) >= 11 is 1.25. The molecule has 0 fully saturated rings. The van der Waals surface area contributed by atoms with E-state index in [-0.39, 0.29) is 17.5 Å². The molecule has 0 unspecified atom stereocenters. The standard InChI is InChI=1S/C19H21N3O6S/c1-11(2)17(21-18(24)15-5-4-8-29-15)19(25)28-10-16(23)20-14-7-6-13(22(26)27)9-12(14)3/h4-9,11,17H,10H2,1-3H3,(H,20,23)(H,21,24)/t17-/m1/s1. The Labute approximate surface area is 171 Å². The smallest absolute Gasteiger partial charge is 0.329 e. The van der Waals surface area contributed by atoms with Gasteiger partial charge in [-0.25, -0.2) is 4.79 Å². The van der Waals surface area contributed by atoms with Crippen molar-refractivity contribution in [3.05, 3.63) is 56.3 Å². The maximum absolute atomic E-state index is 12.3. The molecule has 0 bridgehead atoms. The Morgan fingerprint density at radius 3 is 2.52 bits per heavy atom. The third-order valence-electron chi connectivity index (χ3n) is 3.99. The summed E-state index contributed by atoms with van der Waals surface area (Å²) in [5.41, 5.74) is 0.790. The van der Waals surface area contributed by atoms with Gasteiger partial charge in [-0.15, -0.1) is 11.3 Å². The van der Waals surface area contributed by atoms with Gasteiger partial charge in [-0.3, -0.25) is 19.7 Å². The van der Waals surface area contributed by atoms with Crippen molar-refractivity contribution < 1.29 is 24.0 Å². The van der Waals surface area contributed by atoms with E-state index in [2.05, 4.69) is 10.6 Å². The van der Waals surface area contributed by atoms with E-state index in [1.54, 1.807) is 38.3 Å². The van der Waals surface area contributed by atoms with Crippen molar-refractivity contribution >= 4 is 40.5 Å². The van der Waals surface area contributed by atoms with E-state index in [4.69, 9.17) is 4.74 Å². The number of non-ortho nitro benzene ring substituents is 1. The van der Waals surface area contributed by atoms with E-state index in [1.807, 2.05) is 0 Å². The van der Waals surface area contributed by atoms with Crippen LogP contribution in [0.15, 0.2) is 35.7 Å². The summed E-state index contributed by atoms with van der Waals surface area (Å²) in [6.45, 7) is 4.57. The molecule has 0 aliphatic rings. The lowest BCUT2D eigenvalue weighted by atomic mass is 10.0. The molecule has 2 amide bonds. The zero-order valence-electron chi connectivity index (χ0n) is 16.1. The van der Waals surface area contributed by atoms with Gasteiger partial charge in [0.15, 0.2) is 6.61 Å². The van der Waals surface area contributed by atoms with Gasteiger partial charge in [-0.2, -0.15) is 0 Å². The number of nitrogens with one attached hydrogen (secondary N) is 2. The van der Waals surface area contributed by atoms with E-state index in [1.165, 1.54) is 29.5 Å². The molecule has 0 saturated heterocycles. The fraction of sp³-hybridized carbons (Fsp3) is 0.316. The van der Waals surface area contributed by atoms with Crippen LogP contribution < -0.4 is 10.6 Å². The number of ether oxygens (including phenoxy) is 1. The van der Waals surface area contributed by atoms with Crippen LogP contribution in [0.5, 0.6) is 0 Å². The van der Waals surface area contributed by atoms with Crippen molar-refractivity contribution in [1.82, 2.24) is 5.32 Å². The van der Waals surface area contributed by atoms with Crippen molar-refractivity contribution in [2.75, 3.05) is 11.9 Å². The van der Waals surface area contributed by atoms with Gasteiger partial charge in [0, 0.05) is 17.8 Å². The minimum Gasteiger partial charge on any atom is -0.454 e. The lowest BCUT2D eigenvalue weighted by Gasteiger charge is -2.20. The minimum absolute atomic E-state index is 0.0896. The Kier molecular flexibility index (Phi) is 7.43. The number of thiophene rings is 1. The summed E-state index contributed by atoms with van der Waals surface area (Å²) in [5, 5.41) is 17.7. The van der Waals surface area contributed by atoms with Gasteiger partial charge in [0.05, 0.1) is 9.80 Å². The highest BCUT2D eigenvalue weighted by molar-refractivity contribution is 7.12. The molecule has 1 aromatic heterocycles. The van der Waals surface area contributed by atoms with E-state index in [0.717, 1.165) is 0 Å². The van der Waals surface area contributed by atoms with Crippen LogP contribution in [-0.2, 0) is 14.3 Å². The molecule has 0 radical (unpaired) electrons. The van der Waals surface area contributed by atoms with Crippen molar-refractivity contribution in [3.8, 4) is 0 Å². The Bertz CT molecular complexity index is 911. The third-order valence-corrected chi connectivity index (χ3v) is 4.86. The topological polar surface area (TPSA) is 128 Å².